The molecular formula is C19H28O3. The monoisotopic (exact) mass is 304 g/mol. The standard InChI is InChI=1S/C19H28O3/c1-2-3-4-5-6-7-8-9-16-22-18-13-10-17(11-14-18)12-15-19(20)21/h10-15H,2-9,16H2,1H3,(H,20,21). The zero-order valence-corrected chi connectivity index (χ0v) is 13.6. The molecule has 22 heavy (non-hydrogen) atoms. The minimum Gasteiger partial charge on any atom is -0.494 e. The predicted octanol–water partition coefficient (Wildman–Crippen LogP) is 5.30. The number of hydrogen-bond acceptors (Lipinski definition) is 2. The van der Waals surface area contributed by atoms with Crippen molar-refractivity contribution in [1.29, 1.82) is 0 Å². The SMILES string of the molecule is CCCCCCCCCCOc1ccc(C=CC(=O)O)cc1. The Morgan fingerprint density at radius 2 is 1.59 bits per heavy atom. The van der Waals surface area contributed by atoms with Gasteiger partial charge in [-0.2, -0.15) is 0 Å². The predicted molar refractivity (Wildman–Crippen MR) is 91.2 cm³/mol. The molecule has 1 N–H and O–H groups in total. The third-order valence-corrected chi connectivity index (χ3v) is 3.57. The molecule has 0 saturated heterocycles. The normalized spacial score (nSPS) is 11.0. The largest absolute Gasteiger partial charge is 0.494 e. The second-order valence-corrected chi connectivity index (χ2v) is 5.56. The van der Waals surface area contributed by atoms with Crippen LogP contribution in [-0.4, -0.2) is 17.7 Å². The van der Waals surface area contributed by atoms with E-state index in [0.717, 1.165) is 30.4 Å². The van der Waals surface area contributed by atoms with E-state index in [1.54, 1.807) is 6.08 Å². The van der Waals surface area contributed by atoms with Crippen LogP contribution in [0.5, 0.6) is 5.75 Å². The Hall–Kier alpha value is -1.77. The Labute approximate surface area is 134 Å². The van der Waals surface area contributed by atoms with Crippen LogP contribution in [0.1, 0.15) is 63.9 Å². The van der Waals surface area contributed by atoms with E-state index in [1.807, 2.05) is 24.3 Å². The van der Waals surface area contributed by atoms with Gasteiger partial charge in [0.25, 0.3) is 0 Å². The fourth-order valence-electron chi connectivity index (χ4n) is 2.27. The first kappa shape index (κ1) is 18.3. The number of aliphatic carboxylic acids is 1. The number of hydrogen-bond donors (Lipinski definition) is 1. The molecule has 0 aromatic heterocycles. The molecule has 0 bridgehead atoms. The van der Waals surface area contributed by atoms with Crippen LogP contribution in [0.2, 0.25) is 0 Å². The summed E-state index contributed by atoms with van der Waals surface area (Å²) in [6.07, 6.45) is 13.1. The van der Waals surface area contributed by atoms with E-state index in [4.69, 9.17) is 9.84 Å². The van der Waals surface area contributed by atoms with Crippen molar-refractivity contribution in [3.8, 4) is 5.75 Å². The summed E-state index contributed by atoms with van der Waals surface area (Å²) < 4.78 is 5.69. The van der Waals surface area contributed by atoms with E-state index in [-0.39, 0.29) is 0 Å². The summed E-state index contributed by atoms with van der Waals surface area (Å²) in [5.74, 6) is -0.0922. The van der Waals surface area contributed by atoms with Crippen molar-refractivity contribution in [2.75, 3.05) is 6.61 Å². The van der Waals surface area contributed by atoms with E-state index in [9.17, 15) is 4.79 Å². The number of ether oxygens (including phenoxy) is 1. The summed E-state index contributed by atoms with van der Waals surface area (Å²) in [7, 11) is 0. The molecule has 0 fully saturated rings. The molecule has 122 valence electrons. The quantitative estimate of drug-likeness (QED) is 0.421. The Morgan fingerprint density at radius 3 is 2.18 bits per heavy atom. The zero-order valence-electron chi connectivity index (χ0n) is 13.6. The van der Waals surface area contributed by atoms with Gasteiger partial charge in [-0.25, -0.2) is 4.79 Å². The third kappa shape index (κ3) is 9.22. The minimum absolute atomic E-state index is 0.749. The molecule has 0 aliphatic rings. The molecule has 0 spiro atoms. The molecule has 0 atom stereocenters. The number of benzene rings is 1. The molecule has 0 amide bonds. The van der Waals surface area contributed by atoms with Crippen LogP contribution >= 0.6 is 0 Å². The summed E-state index contributed by atoms with van der Waals surface area (Å²) in [6.45, 7) is 2.99. The molecule has 0 aliphatic carbocycles. The average Bonchev–Trinajstić information content (AvgIpc) is 2.52. The third-order valence-electron chi connectivity index (χ3n) is 3.57. The lowest BCUT2D eigenvalue weighted by Gasteiger charge is -2.06. The highest BCUT2D eigenvalue weighted by molar-refractivity contribution is 5.85. The zero-order chi connectivity index (χ0) is 16.0. The summed E-state index contributed by atoms with van der Waals surface area (Å²) in [5, 5.41) is 8.57. The molecule has 1 aromatic rings. The van der Waals surface area contributed by atoms with E-state index in [0.29, 0.717) is 0 Å². The highest BCUT2D eigenvalue weighted by atomic mass is 16.5. The maximum Gasteiger partial charge on any atom is 0.328 e. The van der Waals surface area contributed by atoms with Crippen LogP contribution < -0.4 is 4.74 Å². The second kappa shape index (κ2) is 11.8. The summed E-state index contributed by atoms with van der Waals surface area (Å²) in [5.41, 5.74) is 0.863. The van der Waals surface area contributed by atoms with Crippen molar-refractivity contribution >= 4 is 12.0 Å². The van der Waals surface area contributed by atoms with Crippen LogP contribution in [0.15, 0.2) is 30.3 Å². The van der Waals surface area contributed by atoms with Gasteiger partial charge < -0.3 is 9.84 Å². The van der Waals surface area contributed by atoms with Gasteiger partial charge in [0, 0.05) is 6.08 Å². The Kier molecular flexibility index (Phi) is 9.84. The van der Waals surface area contributed by atoms with Crippen LogP contribution in [0.3, 0.4) is 0 Å². The van der Waals surface area contributed by atoms with Gasteiger partial charge in [0.2, 0.25) is 0 Å². The maximum absolute atomic E-state index is 10.4. The van der Waals surface area contributed by atoms with Crippen molar-refractivity contribution in [1.82, 2.24) is 0 Å². The fourth-order valence-corrected chi connectivity index (χ4v) is 2.27. The molecule has 1 aromatic carbocycles. The van der Waals surface area contributed by atoms with Crippen LogP contribution in [0.4, 0.5) is 0 Å². The van der Waals surface area contributed by atoms with E-state index < -0.39 is 5.97 Å². The topological polar surface area (TPSA) is 46.5 Å². The molecule has 1 rings (SSSR count). The molecule has 3 heteroatoms. The minimum atomic E-state index is -0.935. The van der Waals surface area contributed by atoms with Gasteiger partial charge in [-0.1, -0.05) is 64.0 Å². The molecular weight excluding hydrogens is 276 g/mol. The van der Waals surface area contributed by atoms with E-state index in [2.05, 4.69) is 6.92 Å². The van der Waals surface area contributed by atoms with E-state index >= 15 is 0 Å². The number of carboxylic acid groups (broad SMARTS) is 1. The lowest BCUT2D eigenvalue weighted by atomic mass is 10.1. The van der Waals surface area contributed by atoms with Gasteiger partial charge in [0.15, 0.2) is 0 Å². The van der Waals surface area contributed by atoms with Gasteiger partial charge in [-0.15, -0.1) is 0 Å². The van der Waals surface area contributed by atoms with Gasteiger partial charge in [-0.05, 0) is 30.2 Å². The molecule has 0 unspecified atom stereocenters. The Balaban J connectivity index is 2.09. The van der Waals surface area contributed by atoms with Crippen molar-refractivity contribution in [2.45, 2.75) is 58.3 Å². The highest BCUT2D eigenvalue weighted by Gasteiger charge is 1.96. The molecule has 0 saturated carbocycles. The molecule has 0 radical (unpaired) electrons. The Morgan fingerprint density at radius 1 is 1.00 bits per heavy atom. The average molecular weight is 304 g/mol. The molecule has 0 aliphatic heterocycles. The summed E-state index contributed by atoms with van der Waals surface area (Å²) >= 11 is 0. The van der Waals surface area contributed by atoms with Crippen LogP contribution in [0, 0.1) is 0 Å². The van der Waals surface area contributed by atoms with Gasteiger partial charge >= 0.3 is 5.97 Å². The van der Waals surface area contributed by atoms with Crippen molar-refractivity contribution in [3.63, 3.8) is 0 Å². The summed E-state index contributed by atoms with van der Waals surface area (Å²) in [6, 6.07) is 7.49. The number of unbranched alkanes of at least 4 members (excludes halogenated alkanes) is 7. The van der Waals surface area contributed by atoms with Crippen LogP contribution in [-0.2, 0) is 4.79 Å². The highest BCUT2D eigenvalue weighted by Crippen LogP contribution is 2.14. The lowest BCUT2D eigenvalue weighted by Crippen LogP contribution is -1.97. The number of carbonyl (C=O) groups is 1. The van der Waals surface area contributed by atoms with Gasteiger partial charge in [-0.3, -0.25) is 0 Å². The van der Waals surface area contributed by atoms with Crippen LogP contribution in [0.25, 0.3) is 6.08 Å². The first-order chi connectivity index (χ1) is 10.7. The summed E-state index contributed by atoms with van der Waals surface area (Å²) in [4.78, 5) is 10.4. The molecule has 0 heterocycles. The van der Waals surface area contributed by atoms with Gasteiger partial charge in [0.1, 0.15) is 5.75 Å². The van der Waals surface area contributed by atoms with Crippen molar-refractivity contribution < 1.29 is 14.6 Å². The first-order valence-electron chi connectivity index (χ1n) is 8.36. The lowest BCUT2D eigenvalue weighted by molar-refractivity contribution is -0.131. The maximum atomic E-state index is 10.4. The van der Waals surface area contributed by atoms with Gasteiger partial charge in [0.05, 0.1) is 6.61 Å². The second-order valence-electron chi connectivity index (χ2n) is 5.56. The number of carboxylic acids is 1. The van der Waals surface area contributed by atoms with Crippen molar-refractivity contribution in [2.24, 2.45) is 0 Å². The van der Waals surface area contributed by atoms with Crippen molar-refractivity contribution in [3.05, 3.63) is 35.9 Å². The number of rotatable bonds is 12. The smallest absolute Gasteiger partial charge is 0.328 e. The van der Waals surface area contributed by atoms with E-state index in [1.165, 1.54) is 44.9 Å². The molecule has 3 nitrogen and oxygen atoms in total. The fraction of sp³-hybridized carbons (Fsp3) is 0.526. The Bertz CT molecular complexity index is 434. The first-order valence-corrected chi connectivity index (χ1v) is 8.36.